The minimum Gasteiger partial charge on any atom is -0.466 e. The average molecular weight is 192 g/mol. The molecule has 0 aromatic rings. The Morgan fingerprint density at radius 3 is 3.00 bits per heavy atom. The van der Waals surface area contributed by atoms with Crippen molar-refractivity contribution in [3.05, 3.63) is 0 Å². The van der Waals surface area contributed by atoms with Gasteiger partial charge in [-0.1, -0.05) is 0 Å². The highest BCUT2D eigenvalue weighted by molar-refractivity contribution is 5.85. The summed E-state index contributed by atoms with van der Waals surface area (Å²) in [4.78, 5) is 15.2. The van der Waals surface area contributed by atoms with Gasteiger partial charge in [0.25, 0.3) is 0 Å². The van der Waals surface area contributed by atoms with Crippen molar-refractivity contribution in [1.29, 1.82) is 0 Å². The number of halogens is 1. The van der Waals surface area contributed by atoms with Gasteiger partial charge >= 0.3 is 5.97 Å². The number of esters is 1. The number of carbonyl (C=O) groups is 1. The van der Waals surface area contributed by atoms with E-state index in [0.29, 0.717) is 6.61 Å². The fraction of sp³-hybridized carbons (Fsp3) is 0.750. The highest BCUT2D eigenvalue weighted by atomic mass is 35.5. The maximum atomic E-state index is 11.1. The normalized spacial score (nSPS) is 21.2. The van der Waals surface area contributed by atoms with Gasteiger partial charge in [-0.2, -0.15) is 0 Å². The summed E-state index contributed by atoms with van der Waals surface area (Å²) in [6.45, 7) is 3.07. The summed E-state index contributed by atoms with van der Waals surface area (Å²) in [5, 5.41) is 0. The molecular weight excluding hydrogens is 178 g/mol. The Hall–Kier alpha value is -0.570. The zero-order valence-corrected chi connectivity index (χ0v) is 7.97. The SMILES string of the molecule is CCOC(=O)C1CC=NCC1.Cl. The molecule has 0 aromatic heterocycles. The van der Waals surface area contributed by atoms with Gasteiger partial charge in [0.2, 0.25) is 0 Å². The van der Waals surface area contributed by atoms with Gasteiger partial charge in [-0.3, -0.25) is 9.79 Å². The second-order valence-corrected chi connectivity index (χ2v) is 2.56. The average Bonchev–Trinajstić information content (AvgIpc) is 2.07. The zero-order chi connectivity index (χ0) is 8.10. The fourth-order valence-electron chi connectivity index (χ4n) is 1.12. The van der Waals surface area contributed by atoms with Gasteiger partial charge in [0.05, 0.1) is 12.5 Å². The molecule has 1 unspecified atom stereocenters. The summed E-state index contributed by atoms with van der Waals surface area (Å²) < 4.78 is 4.88. The number of rotatable bonds is 2. The molecule has 1 rings (SSSR count). The lowest BCUT2D eigenvalue weighted by Crippen LogP contribution is -2.21. The van der Waals surface area contributed by atoms with Gasteiger partial charge in [-0.15, -0.1) is 12.4 Å². The molecule has 0 radical (unpaired) electrons. The Kier molecular flexibility index (Phi) is 5.72. The van der Waals surface area contributed by atoms with E-state index in [2.05, 4.69) is 4.99 Å². The molecular formula is C8H14ClNO2. The first-order chi connectivity index (χ1) is 5.34. The maximum Gasteiger partial charge on any atom is 0.309 e. The van der Waals surface area contributed by atoms with Gasteiger partial charge in [0.15, 0.2) is 0 Å². The van der Waals surface area contributed by atoms with Crippen LogP contribution in [0.5, 0.6) is 0 Å². The molecule has 0 amide bonds. The quantitative estimate of drug-likeness (QED) is 0.620. The van der Waals surface area contributed by atoms with E-state index in [0.717, 1.165) is 19.4 Å². The molecule has 1 aliphatic heterocycles. The number of ether oxygens (including phenoxy) is 1. The summed E-state index contributed by atoms with van der Waals surface area (Å²) in [5.74, 6) is -0.00824. The van der Waals surface area contributed by atoms with Crippen molar-refractivity contribution < 1.29 is 9.53 Å². The van der Waals surface area contributed by atoms with Crippen LogP contribution in [-0.4, -0.2) is 25.3 Å². The van der Waals surface area contributed by atoms with Crippen molar-refractivity contribution in [1.82, 2.24) is 0 Å². The molecule has 1 heterocycles. The standard InChI is InChI=1S/C8H13NO2.ClH/c1-2-11-8(10)7-3-5-9-6-4-7;/h5,7H,2-4,6H2,1H3;1H. The number of hydrogen-bond acceptors (Lipinski definition) is 3. The van der Waals surface area contributed by atoms with E-state index < -0.39 is 0 Å². The summed E-state index contributed by atoms with van der Waals surface area (Å²) in [6.07, 6.45) is 3.40. The summed E-state index contributed by atoms with van der Waals surface area (Å²) in [5.41, 5.74) is 0. The monoisotopic (exact) mass is 191 g/mol. The van der Waals surface area contributed by atoms with Crippen LogP contribution in [-0.2, 0) is 9.53 Å². The van der Waals surface area contributed by atoms with Gasteiger partial charge in [-0.05, 0) is 26.0 Å². The van der Waals surface area contributed by atoms with E-state index in [1.54, 1.807) is 0 Å². The van der Waals surface area contributed by atoms with Gasteiger partial charge in [-0.25, -0.2) is 0 Å². The number of hydrogen-bond donors (Lipinski definition) is 0. The Balaban J connectivity index is 0.00000121. The van der Waals surface area contributed by atoms with Gasteiger partial charge in [0.1, 0.15) is 0 Å². The smallest absolute Gasteiger partial charge is 0.309 e. The van der Waals surface area contributed by atoms with E-state index in [4.69, 9.17) is 4.74 Å². The Labute approximate surface area is 78.6 Å². The highest BCUT2D eigenvalue weighted by Crippen LogP contribution is 2.13. The summed E-state index contributed by atoms with van der Waals surface area (Å²) >= 11 is 0. The molecule has 3 nitrogen and oxygen atoms in total. The summed E-state index contributed by atoms with van der Waals surface area (Å²) in [7, 11) is 0. The van der Waals surface area contributed by atoms with Crippen molar-refractivity contribution >= 4 is 24.6 Å². The van der Waals surface area contributed by atoms with Crippen LogP contribution in [0.1, 0.15) is 19.8 Å². The van der Waals surface area contributed by atoms with E-state index in [1.165, 1.54) is 0 Å². The molecule has 0 saturated heterocycles. The lowest BCUT2D eigenvalue weighted by atomic mass is 10.0. The zero-order valence-electron chi connectivity index (χ0n) is 7.16. The van der Waals surface area contributed by atoms with Crippen LogP contribution in [0.25, 0.3) is 0 Å². The van der Waals surface area contributed by atoms with Gasteiger partial charge in [0, 0.05) is 6.54 Å². The minimum absolute atomic E-state index is 0. The van der Waals surface area contributed by atoms with Crippen LogP contribution >= 0.6 is 12.4 Å². The van der Waals surface area contributed by atoms with Crippen molar-refractivity contribution in [2.75, 3.05) is 13.2 Å². The lowest BCUT2D eigenvalue weighted by molar-refractivity contribution is -0.148. The van der Waals surface area contributed by atoms with E-state index >= 15 is 0 Å². The molecule has 0 aliphatic carbocycles. The van der Waals surface area contributed by atoms with Crippen molar-refractivity contribution in [2.45, 2.75) is 19.8 Å². The van der Waals surface area contributed by atoms with Crippen LogP contribution in [0.15, 0.2) is 4.99 Å². The van der Waals surface area contributed by atoms with Crippen LogP contribution in [0, 0.1) is 5.92 Å². The molecule has 0 N–H and O–H groups in total. The highest BCUT2D eigenvalue weighted by Gasteiger charge is 2.19. The molecule has 1 aliphatic rings. The molecule has 0 bridgehead atoms. The van der Waals surface area contributed by atoms with Gasteiger partial charge < -0.3 is 4.74 Å². The predicted molar refractivity (Wildman–Crippen MR) is 50.0 cm³/mol. The summed E-state index contributed by atoms with van der Waals surface area (Å²) in [6, 6.07) is 0. The molecule has 0 fully saturated rings. The molecule has 12 heavy (non-hydrogen) atoms. The minimum atomic E-state index is -0.0707. The molecule has 70 valence electrons. The molecule has 0 saturated carbocycles. The second kappa shape index (κ2) is 6.00. The van der Waals surface area contributed by atoms with Crippen molar-refractivity contribution in [3.63, 3.8) is 0 Å². The Bertz CT molecular complexity index is 170. The third kappa shape index (κ3) is 3.22. The van der Waals surface area contributed by atoms with E-state index in [-0.39, 0.29) is 24.3 Å². The lowest BCUT2D eigenvalue weighted by Gasteiger charge is -2.14. The van der Waals surface area contributed by atoms with Crippen LogP contribution in [0.3, 0.4) is 0 Å². The van der Waals surface area contributed by atoms with Crippen LogP contribution < -0.4 is 0 Å². The van der Waals surface area contributed by atoms with E-state index in [9.17, 15) is 4.79 Å². The maximum absolute atomic E-state index is 11.1. The first-order valence-electron chi connectivity index (χ1n) is 3.99. The van der Waals surface area contributed by atoms with Crippen LogP contribution in [0.2, 0.25) is 0 Å². The predicted octanol–water partition coefficient (Wildman–Crippen LogP) is 1.45. The number of carbonyl (C=O) groups excluding carboxylic acids is 1. The molecule has 0 spiro atoms. The molecule has 4 heteroatoms. The number of nitrogens with zero attached hydrogens (tertiary/aromatic N) is 1. The third-order valence-electron chi connectivity index (χ3n) is 1.75. The second-order valence-electron chi connectivity index (χ2n) is 2.56. The molecule has 1 atom stereocenters. The molecule has 0 aromatic carbocycles. The van der Waals surface area contributed by atoms with Crippen LogP contribution in [0.4, 0.5) is 0 Å². The van der Waals surface area contributed by atoms with Crippen molar-refractivity contribution in [2.24, 2.45) is 10.9 Å². The number of aliphatic imine (C=N–C) groups is 1. The Morgan fingerprint density at radius 2 is 2.50 bits per heavy atom. The Morgan fingerprint density at radius 1 is 1.75 bits per heavy atom. The first kappa shape index (κ1) is 11.4. The fourth-order valence-corrected chi connectivity index (χ4v) is 1.12. The first-order valence-corrected chi connectivity index (χ1v) is 3.99. The largest absolute Gasteiger partial charge is 0.466 e. The topological polar surface area (TPSA) is 38.7 Å². The van der Waals surface area contributed by atoms with Crippen molar-refractivity contribution in [3.8, 4) is 0 Å². The van der Waals surface area contributed by atoms with E-state index in [1.807, 2.05) is 13.1 Å². The third-order valence-corrected chi connectivity index (χ3v) is 1.75.